The zero-order chi connectivity index (χ0) is 18.6. The molecule has 4 aromatic rings. The molecule has 0 unspecified atom stereocenters. The van der Waals surface area contributed by atoms with Crippen LogP contribution < -0.4 is 10.6 Å². The molecular formula is C20H17Cl2N5. The summed E-state index contributed by atoms with van der Waals surface area (Å²) in [5.74, 6) is 1.25. The molecule has 2 aromatic carbocycles. The summed E-state index contributed by atoms with van der Waals surface area (Å²) in [6.45, 7) is 0.734. The molecule has 0 saturated heterocycles. The molecule has 0 bridgehead atoms. The molecule has 2 heterocycles. The molecule has 0 spiro atoms. The number of aromatic amines is 1. The molecular weight excluding hydrogens is 381 g/mol. The van der Waals surface area contributed by atoms with Gasteiger partial charge in [-0.3, -0.25) is 0 Å². The monoisotopic (exact) mass is 397 g/mol. The van der Waals surface area contributed by atoms with Crippen LogP contribution in [0.15, 0.2) is 60.9 Å². The van der Waals surface area contributed by atoms with Gasteiger partial charge in [0, 0.05) is 35.5 Å². The normalized spacial score (nSPS) is 10.9. The van der Waals surface area contributed by atoms with E-state index in [1.54, 1.807) is 24.4 Å². The van der Waals surface area contributed by atoms with Gasteiger partial charge in [-0.2, -0.15) is 4.98 Å². The minimum Gasteiger partial charge on any atom is -0.361 e. The van der Waals surface area contributed by atoms with E-state index in [4.69, 9.17) is 23.2 Å². The Labute approximate surface area is 166 Å². The highest BCUT2D eigenvalue weighted by atomic mass is 35.5. The Hall–Kier alpha value is -2.76. The van der Waals surface area contributed by atoms with Crippen LogP contribution >= 0.6 is 23.2 Å². The molecule has 27 heavy (non-hydrogen) atoms. The van der Waals surface area contributed by atoms with Crippen LogP contribution in [0.2, 0.25) is 10.0 Å². The van der Waals surface area contributed by atoms with E-state index in [0.29, 0.717) is 21.8 Å². The number of nitrogens with zero attached hydrogens (tertiary/aromatic N) is 2. The fourth-order valence-corrected chi connectivity index (χ4v) is 3.18. The van der Waals surface area contributed by atoms with Crippen LogP contribution in [0.3, 0.4) is 0 Å². The second-order valence-electron chi connectivity index (χ2n) is 6.06. The number of halogens is 2. The van der Waals surface area contributed by atoms with E-state index in [2.05, 4.69) is 43.9 Å². The minimum atomic E-state index is 0.493. The molecule has 0 aliphatic heterocycles. The molecule has 0 aliphatic rings. The Balaban J connectivity index is 1.39. The van der Waals surface area contributed by atoms with Crippen molar-refractivity contribution in [3.63, 3.8) is 0 Å². The highest BCUT2D eigenvalue weighted by Gasteiger charge is 2.05. The lowest BCUT2D eigenvalue weighted by atomic mass is 10.1. The van der Waals surface area contributed by atoms with Crippen molar-refractivity contribution >= 4 is 51.6 Å². The first kappa shape index (κ1) is 17.6. The van der Waals surface area contributed by atoms with Crippen LogP contribution in [-0.4, -0.2) is 21.5 Å². The quantitative estimate of drug-likeness (QED) is 0.392. The summed E-state index contributed by atoms with van der Waals surface area (Å²) in [6.07, 6.45) is 4.63. The van der Waals surface area contributed by atoms with Gasteiger partial charge in [0.05, 0.1) is 10.0 Å². The van der Waals surface area contributed by atoms with E-state index in [-0.39, 0.29) is 0 Å². The van der Waals surface area contributed by atoms with Crippen molar-refractivity contribution in [3.05, 3.63) is 76.5 Å². The number of para-hydroxylation sites is 1. The Morgan fingerprint density at radius 1 is 1.00 bits per heavy atom. The van der Waals surface area contributed by atoms with E-state index < -0.39 is 0 Å². The largest absolute Gasteiger partial charge is 0.361 e. The summed E-state index contributed by atoms with van der Waals surface area (Å²) in [5.41, 5.74) is 3.23. The molecule has 2 aromatic heterocycles. The highest BCUT2D eigenvalue weighted by Crippen LogP contribution is 2.26. The van der Waals surface area contributed by atoms with Crippen molar-refractivity contribution in [2.75, 3.05) is 17.2 Å². The maximum Gasteiger partial charge on any atom is 0.224 e. The van der Waals surface area contributed by atoms with Crippen molar-refractivity contribution in [2.45, 2.75) is 6.42 Å². The van der Waals surface area contributed by atoms with Gasteiger partial charge < -0.3 is 15.6 Å². The van der Waals surface area contributed by atoms with Gasteiger partial charge in [-0.25, -0.2) is 4.98 Å². The summed E-state index contributed by atoms with van der Waals surface area (Å²) in [4.78, 5) is 12.1. The zero-order valence-electron chi connectivity index (χ0n) is 14.3. The first-order valence-corrected chi connectivity index (χ1v) is 9.28. The second kappa shape index (κ2) is 7.86. The van der Waals surface area contributed by atoms with Gasteiger partial charge in [-0.05, 0) is 42.3 Å². The van der Waals surface area contributed by atoms with E-state index in [9.17, 15) is 0 Å². The molecule has 136 valence electrons. The molecule has 0 saturated carbocycles. The number of anilines is 3. The first-order chi connectivity index (χ1) is 13.2. The number of hydrogen-bond donors (Lipinski definition) is 3. The third kappa shape index (κ3) is 4.15. The van der Waals surface area contributed by atoms with Crippen LogP contribution in [0.1, 0.15) is 5.56 Å². The Bertz CT molecular complexity index is 1080. The summed E-state index contributed by atoms with van der Waals surface area (Å²) in [5, 5.41) is 8.73. The number of benzene rings is 2. The maximum atomic E-state index is 6.05. The van der Waals surface area contributed by atoms with Gasteiger partial charge in [-0.15, -0.1) is 0 Å². The van der Waals surface area contributed by atoms with Gasteiger partial charge in [-0.1, -0.05) is 41.4 Å². The predicted molar refractivity (Wildman–Crippen MR) is 112 cm³/mol. The Morgan fingerprint density at radius 3 is 2.78 bits per heavy atom. The van der Waals surface area contributed by atoms with Crippen molar-refractivity contribution in [3.8, 4) is 0 Å². The fraction of sp³-hybridized carbons (Fsp3) is 0.100. The zero-order valence-corrected chi connectivity index (χ0v) is 15.8. The van der Waals surface area contributed by atoms with Gasteiger partial charge in [0.2, 0.25) is 5.95 Å². The molecule has 0 fully saturated rings. The fourth-order valence-electron chi connectivity index (χ4n) is 2.88. The first-order valence-electron chi connectivity index (χ1n) is 8.53. The molecule has 0 aliphatic carbocycles. The third-order valence-electron chi connectivity index (χ3n) is 4.20. The average molecular weight is 398 g/mol. The van der Waals surface area contributed by atoms with Crippen molar-refractivity contribution in [2.24, 2.45) is 0 Å². The molecule has 5 nitrogen and oxygen atoms in total. The number of aromatic nitrogens is 3. The van der Waals surface area contributed by atoms with Crippen molar-refractivity contribution in [1.82, 2.24) is 15.0 Å². The SMILES string of the molecule is Clc1ccc(Nc2ccnc(NCCc3c[nH]c4ccccc34)n2)cc1Cl. The number of fused-ring (bicyclic) bond motifs is 1. The number of H-pyrrole nitrogens is 1. The number of rotatable bonds is 6. The molecule has 4 rings (SSSR count). The van der Waals surface area contributed by atoms with E-state index in [1.807, 2.05) is 18.2 Å². The second-order valence-corrected chi connectivity index (χ2v) is 6.87. The molecule has 0 atom stereocenters. The molecule has 3 N–H and O–H groups in total. The molecule has 0 amide bonds. The lowest BCUT2D eigenvalue weighted by molar-refractivity contribution is 0.991. The predicted octanol–water partition coefficient (Wildman–Crippen LogP) is 5.66. The van der Waals surface area contributed by atoms with E-state index >= 15 is 0 Å². The summed E-state index contributed by atoms with van der Waals surface area (Å²) >= 11 is 12.0. The van der Waals surface area contributed by atoms with Crippen LogP contribution in [0, 0.1) is 0 Å². The third-order valence-corrected chi connectivity index (χ3v) is 4.94. The van der Waals surface area contributed by atoms with E-state index in [1.165, 1.54) is 10.9 Å². The molecule has 7 heteroatoms. The minimum absolute atomic E-state index is 0.493. The number of hydrogen-bond acceptors (Lipinski definition) is 4. The van der Waals surface area contributed by atoms with Gasteiger partial charge in [0.15, 0.2) is 0 Å². The smallest absolute Gasteiger partial charge is 0.224 e. The topological polar surface area (TPSA) is 65.6 Å². The highest BCUT2D eigenvalue weighted by molar-refractivity contribution is 6.42. The van der Waals surface area contributed by atoms with Gasteiger partial charge >= 0.3 is 0 Å². The van der Waals surface area contributed by atoms with Gasteiger partial charge in [0.1, 0.15) is 5.82 Å². The molecule has 0 radical (unpaired) electrons. The Kier molecular flexibility index (Phi) is 5.14. The summed E-state index contributed by atoms with van der Waals surface area (Å²) in [7, 11) is 0. The lowest BCUT2D eigenvalue weighted by Gasteiger charge is -2.09. The standard InChI is InChI=1S/C20H17Cl2N5/c21-16-6-5-14(11-17(16)22)26-19-8-10-24-20(27-19)23-9-7-13-12-25-18-4-2-1-3-15(13)18/h1-6,8,10-12,25H,7,9H2,(H2,23,24,26,27). The van der Waals surface area contributed by atoms with Crippen LogP contribution in [-0.2, 0) is 6.42 Å². The summed E-state index contributed by atoms with van der Waals surface area (Å²) in [6, 6.07) is 15.4. The lowest BCUT2D eigenvalue weighted by Crippen LogP contribution is -2.08. The van der Waals surface area contributed by atoms with Crippen molar-refractivity contribution in [1.29, 1.82) is 0 Å². The maximum absolute atomic E-state index is 6.05. The number of nitrogens with one attached hydrogen (secondary N) is 3. The van der Waals surface area contributed by atoms with Crippen molar-refractivity contribution < 1.29 is 0 Å². The van der Waals surface area contributed by atoms with E-state index in [0.717, 1.165) is 24.2 Å². The average Bonchev–Trinajstić information content (AvgIpc) is 3.09. The Morgan fingerprint density at radius 2 is 1.89 bits per heavy atom. The van der Waals surface area contributed by atoms with Gasteiger partial charge in [0.25, 0.3) is 0 Å². The summed E-state index contributed by atoms with van der Waals surface area (Å²) < 4.78 is 0. The van der Waals surface area contributed by atoms with Crippen LogP contribution in [0.4, 0.5) is 17.5 Å². The van der Waals surface area contributed by atoms with Crippen LogP contribution in [0.25, 0.3) is 10.9 Å². The van der Waals surface area contributed by atoms with Crippen LogP contribution in [0.5, 0.6) is 0 Å².